The molecule has 0 saturated heterocycles. The molecule has 0 aliphatic rings. The van der Waals surface area contributed by atoms with Gasteiger partial charge in [0.05, 0.1) is 0 Å². The minimum Gasteiger partial charge on any atom is -0.264 e. The number of nitrogens with zero attached hydrogens (tertiary/aromatic N) is 1. The summed E-state index contributed by atoms with van der Waals surface area (Å²) < 4.78 is 13.4. The summed E-state index contributed by atoms with van der Waals surface area (Å²) >= 11 is 0. The van der Waals surface area contributed by atoms with Gasteiger partial charge in [-0.3, -0.25) is 4.98 Å². The molecular formula is C9H12FN. The first kappa shape index (κ1) is 8.18. The predicted molar refractivity (Wildman–Crippen MR) is 43.1 cm³/mol. The fourth-order valence-corrected chi connectivity index (χ4v) is 1.14. The van der Waals surface area contributed by atoms with E-state index in [0.717, 1.165) is 5.56 Å². The lowest BCUT2D eigenvalue weighted by molar-refractivity contribution is 0.220. The molecule has 11 heavy (non-hydrogen) atoms. The molecule has 1 nitrogen and oxygen atoms in total. The zero-order valence-electron chi connectivity index (χ0n) is 7.06. The minimum atomic E-state index is -1.26. The van der Waals surface area contributed by atoms with Crippen molar-refractivity contribution in [3.8, 4) is 0 Å². The molecule has 1 rings (SSSR count). The molecule has 0 fully saturated rings. The van der Waals surface area contributed by atoms with E-state index < -0.39 is 5.67 Å². The molecule has 1 aromatic heterocycles. The Morgan fingerprint density at radius 3 is 2.45 bits per heavy atom. The molecule has 0 amide bonds. The third-order valence-electron chi connectivity index (χ3n) is 1.66. The molecule has 0 bridgehead atoms. The second-order valence-corrected chi connectivity index (χ2v) is 3.16. The smallest absolute Gasteiger partial charge is 0.130 e. The summed E-state index contributed by atoms with van der Waals surface area (Å²) in [6, 6.07) is 1.72. The van der Waals surface area contributed by atoms with Crippen LogP contribution < -0.4 is 0 Å². The summed E-state index contributed by atoms with van der Waals surface area (Å²) in [4.78, 5) is 3.89. The Morgan fingerprint density at radius 2 is 2.09 bits per heavy atom. The van der Waals surface area contributed by atoms with Crippen LogP contribution in [0.4, 0.5) is 4.39 Å². The largest absolute Gasteiger partial charge is 0.264 e. The van der Waals surface area contributed by atoms with Crippen LogP contribution in [-0.4, -0.2) is 4.98 Å². The Bertz CT molecular complexity index is 250. The van der Waals surface area contributed by atoms with Crippen molar-refractivity contribution in [2.45, 2.75) is 26.4 Å². The Kier molecular flexibility index (Phi) is 1.94. The van der Waals surface area contributed by atoms with Gasteiger partial charge >= 0.3 is 0 Å². The van der Waals surface area contributed by atoms with Crippen molar-refractivity contribution in [3.63, 3.8) is 0 Å². The Labute approximate surface area is 66.3 Å². The highest BCUT2D eigenvalue weighted by Crippen LogP contribution is 2.26. The number of rotatable bonds is 1. The number of aryl methyl sites for hydroxylation is 1. The first-order valence-corrected chi connectivity index (χ1v) is 3.62. The molecule has 1 aromatic rings. The van der Waals surface area contributed by atoms with Gasteiger partial charge in [-0.2, -0.15) is 0 Å². The molecule has 0 N–H and O–H groups in total. The maximum Gasteiger partial charge on any atom is 0.130 e. The van der Waals surface area contributed by atoms with E-state index in [1.807, 2.05) is 6.92 Å². The number of pyridine rings is 1. The summed E-state index contributed by atoms with van der Waals surface area (Å²) in [6.45, 7) is 4.97. The molecule has 60 valence electrons. The highest BCUT2D eigenvalue weighted by atomic mass is 19.1. The van der Waals surface area contributed by atoms with Crippen molar-refractivity contribution in [2.24, 2.45) is 0 Å². The number of alkyl halides is 1. The Morgan fingerprint density at radius 1 is 1.45 bits per heavy atom. The molecule has 1 heterocycles. The monoisotopic (exact) mass is 153 g/mol. The van der Waals surface area contributed by atoms with Gasteiger partial charge in [0.1, 0.15) is 5.67 Å². The SMILES string of the molecule is Cc1cnccc1C(C)(C)F. The van der Waals surface area contributed by atoms with E-state index in [-0.39, 0.29) is 0 Å². The lowest BCUT2D eigenvalue weighted by Crippen LogP contribution is -2.10. The summed E-state index contributed by atoms with van der Waals surface area (Å²) in [6.07, 6.45) is 3.29. The van der Waals surface area contributed by atoms with E-state index in [1.165, 1.54) is 0 Å². The molecule has 2 heteroatoms. The number of hydrogen-bond acceptors (Lipinski definition) is 1. The van der Waals surface area contributed by atoms with E-state index in [9.17, 15) is 4.39 Å². The van der Waals surface area contributed by atoms with Crippen LogP contribution in [-0.2, 0) is 5.67 Å². The molecule has 0 aliphatic carbocycles. The van der Waals surface area contributed by atoms with Crippen LogP contribution in [0.1, 0.15) is 25.0 Å². The normalized spacial score (nSPS) is 11.6. The van der Waals surface area contributed by atoms with Crippen LogP contribution in [0.15, 0.2) is 18.5 Å². The Balaban J connectivity index is 3.14. The molecule has 0 saturated carbocycles. The van der Waals surface area contributed by atoms with Crippen molar-refractivity contribution in [1.29, 1.82) is 0 Å². The molecule has 0 aromatic carbocycles. The van der Waals surface area contributed by atoms with E-state index >= 15 is 0 Å². The second kappa shape index (κ2) is 2.61. The van der Waals surface area contributed by atoms with Gasteiger partial charge in [0.2, 0.25) is 0 Å². The fourth-order valence-electron chi connectivity index (χ4n) is 1.14. The zero-order chi connectivity index (χ0) is 8.48. The lowest BCUT2D eigenvalue weighted by atomic mass is 9.97. The molecule has 0 radical (unpaired) electrons. The zero-order valence-corrected chi connectivity index (χ0v) is 7.06. The van der Waals surface area contributed by atoms with Crippen molar-refractivity contribution < 1.29 is 4.39 Å². The third-order valence-corrected chi connectivity index (χ3v) is 1.66. The van der Waals surface area contributed by atoms with E-state index in [0.29, 0.717) is 5.56 Å². The van der Waals surface area contributed by atoms with E-state index in [1.54, 1.807) is 32.3 Å². The maximum absolute atomic E-state index is 13.4. The van der Waals surface area contributed by atoms with Crippen molar-refractivity contribution >= 4 is 0 Å². The Hall–Kier alpha value is -0.920. The summed E-state index contributed by atoms with van der Waals surface area (Å²) in [5, 5.41) is 0. The standard InChI is InChI=1S/C9H12FN/c1-7-6-11-5-4-8(7)9(2,3)10/h4-6H,1-3H3. The highest BCUT2D eigenvalue weighted by molar-refractivity contribution is 5.26. The average Bonchev–Trinajstić information content (AvgIpc) is 1.86. The lowest BCUT2D eigenvalue weighted by Gasteiger charge is -2.16. The van der Waals surface area contributed by atoms with Crippen LogP contribution in [0.5, 0.6) is 0 Å². The van der Waals surface area contributed by atoms with Gasteiger partial charge in [-0.25, -0.2) is 4.39 Å². The van der Waals surface area contributed by atoms with Crippen molar-refractivity contribution in [2.75, 3.05) is 0 Å². The number of halogens is 1. The quantitative estimate of drug-likeness (QED) is 0.604. The van der Waals surface area contributed by atoms with Gasteiger partial charge in [-0.1, -0.05) is 0 Å². The van der Waals surface area contributed by atoms with Crippen molar-refractivity contribution in [3.05, 3.63) is 29.6 Å². The molecular weight excluding hydrogens is 141 g/mol. The summed E-state index contributed by atoms with van der Waals surface area (Å²) in [7, 11) is 0. The predicted octanol–water partition coefficient (Wildman–Crippen LogP) is 2.59. The van der Waals surface area contributed by atoms with Gasteiger partial charge in [0, 0.05) is 12.4 Å². The number of hydrogen-bond donors (Lipinski definition) is 0. The fraction of sp³-hybridized carbons (Fsp3) is 0.444. The third kappa shape index (κ3) is 1.76. The summed E-state index contributed by atoms with van der Waals surface area (Å²) in [5.41, 5.74) is 0.361. The number of aromatic nitrogens is 1. The second-order valence-electron chi connectivity index (χ2n) is 3.16. The van der Waals surface area contributed by atoms with E-state index in [2.05, 4.69) is 4.98 Å². The van der Waals surface area contributed by atoms with Gasteiger partial charge in [0.25, 0.3) is 0 Å². The van der Waals surface area contributed by atoms with Crippen LogP contribution in [0.25, 0.3) is 0 Å². The highest BCUT2D eigenvalue weighted by Gasteiger charge is 2.20. The molecule has 0 unspecified atom stereocenters. The maximum atomic E-state index is 13.4. The van der Waals surface area contributed by atoms with Gasteiger partial charge in [-0.05, 0) is 38.0 Å². The molecule has 0 spiro atoms. The van der Waals surface area contributed by atoms with Gasteiger partial charge in [0.15, 0.2) is 0 Å². The first-order chi connectivity index (χ1) is 5.02. The first-order valence-electron chi connectivity index (χ1n) is 3.62. The van der Waals surface area contributed by atoms with Crippen LogP contribution in [0.2, 0.25) is 0 Å². The van der Waals surface area contributed by atoms with Crippen LogP contribution in [0.3, 0.4) is 0 Å². The van der Waals surface area contributed by atoms with Gasteiger partial charge in [-0.15, -0.1) is 0 Å². The summed E-state index contributed by atoms with van der Waals surface area (Å²) in [5.74, 6) is 0. The minimum absolute atomic E-state index is 0.715. The average molecular weight is 153 g/mol. The van der Waals surface area contributed by atoms with Gasteiger partial charge < -0.3 is 0 Å². The van der Waals surface area contributed by atoms with Crippen LogP contribution in [0, 0.1) is 6.92 Å². The van der Waals surface area contributed by atoms with E-state index in [4.69, 9.17) is 0 Å². The molecule has 0 aliphatic heterocycles. The van der Waals surface area contributed by atoms with Crippen LogP contribution >= 0.6 is 0 Å². The molecule has 0 atom stereocenters. The topological polar surface area (TPSA) is 12.9 Å². The van der Waals surface area contributed by atoms with Crippen molar-refractivity contribution in [1.82, 2.24) is 4.98 Å².